The molecule has 0 aromatic heterocycles. The van der Waals surface area contributed by atoms with Crippen molar-refractivity contribution in [1.29, 1.82) is 0 Å². The quantitative estimate of drug-likeness (QED) is 0.196. The van der Waals surface area contributed by atoms with Crippen LogP contribution in [0.2, 0.25) is 0 Å². The van der Waals surface area contributed by atoms with Crippen LogP contribution in [-0.4, -0.2) is 35.8 Å². The van der Waals surface area contributed by atoms with Crippen LogP contribution in [0, 0.1) is 6.57 Å². The van der Waals surface area contributed by atoms with E-state index in [4.69, 9.17) is 21.8 Å². The number of hydrogen-bond acceptors (Lipinski definition) is 4. The van der Waals surface area contributed by atoms with E-state index >= 15 is 0 Å². The van der Waals surface area contributed by atoms with Gasteiger partial charge in [-0.25, -0.2) is 16.2 Å². The van der Waals surface area contributed by atoms with Crippen LogP contribution >= 0.6 is 0 Å². The molecule has 1 fully saturated rings. The summed E-state index contributed by atoms with van der Waals surface area (Å²) in [6.07, 6.45) is -12.4. The van der Waals surface area contributed by atoms with Gasteiger partial charge in [-0.3, -0.25) is 15.1 Å². The first-order valence-electron chi connectivity index (χ1n) is 14.0. The molecule has 3 aromatic carbocycles. The number of amides is 3. The molecule has 0 radical (unpaired) electrons. The molecule has 46 heavy (non-hydrogen) atoms. The molecule has 0 spiro atoms. The summed E-state index contributed by atoms with van der Waals surface area (Å²) in [5, 5.41) is 2.41. The van der Waals surface area contributed by atoms with Gasteiger partial charge in [-0.1, -0.05) is 60.7 Å². The molecule has 1 heterocycles. The molecular weight excluding hydrogens is 618 g/mol. The first kappa shape index (κ1) is 34.1. The van der Waals surface area contributed by atoms with Gasteiger partial charge in [-0.2, -0.15) is 26.3 Å². The van der Waals surface area contributed by atoms with Crippen LogP contribution in [0.1, 0.15) is 53.7 Å². The summed E-state index contributed by atoms with van der Waals surface area (Å²) < 4.78 is 93.0. The second-order valence-electron chi connectivity index (χ2n) is 10.9. The predicted molar refractivity (Wildman–Crippen MR) is 154 cm³/mol. The third kappa shape index (κ3) is 7.71. The maximum atomic E-state index is 13.8. The second kappa shape index (κ2) is 13.3. The fraction of sp³-hybridized carbons (Fsp3) is 0.344. The fourth-order valence-electron chi connectivity index (χ4n) is 5.38. The van der Waals surface area contributed by atoms with Crippen molar-refractivity contribution >= 4 is 12.1 Å². The van der Waals surface area contributed by atoms with Gasteiger partial charge in [0.2, 0.25) is 0 Å². The Hall–Kier alpha value is -4.77. The van der Waals surface area contributed by atoms with E-state index in [-0.39, 0.29) is 31.1 Å². The van der Waals surface area contributed by atoms with Crippen LogP contribution in [0.3, 0.4) is 0 Å². The Bertz CT molecular complexity index is 1550. The number of nitrogens with two attached hydrogens (primary N) is 1. The molecule has 14 heteroatoms. The van der Waals surface area contributed by atoms with Crippen molar-refractivity contribution in [3.05, 3.63) is 118 Å². The number of carbonyl (C=O) groups excluding carboxylic acids is 2. The summed E-state index contributed by atoms with van der Waals surface area (Å²) in [4.78, 5) is 30.5. The van der Waals surface area contributed by atoms with E-state index in [0.717, 1.165) is 0 Å². The Labute approximate surface area is 260 Å². The lowest BCUT2D eigenvalue weighted by atomic mass is 9.77. The fourth-order valence-corrected chi connectivity index (χ4v) is 5.38. The molecule has 0 unspecified atom stereocenters. The van der Waals surface area contributed by atoms with E-state index in [2.05, 4.69) is 10.2 Å². The molecule has 1 saturated heterocycles. The lowest BCUT2D eigenvalue weighted by molar-refractivity contribution is -0.143. The van der Waals surface area contributed by atoms with Crippen molar-refractivity contribution in [3.8, 4) is 0 Å². The van der Waals surface area contributed by atoms with Gasteiger partial charge < -0.3 is 15.2 Å². The number of likely N-dealkylation sites (tertiary alicyclic amines) is 1. The Balaban J connectivity index is 1.74. The van der Waals surface area contributed by atoms with E-state index in [1.165, 1.54) is 11.8 Å². The van der Waals surface area contributed by atoms with Gasteiger partial charge in [0.15, 0.2) is 0 Å². The molecule has 0 bridgehead atoms. The highest BCUT2D eigenvalue weighted by molar-refractivity contribution is 5.74. The van der Waals surface area contributed by atoms with Crippen LogP contribution in [0.4, 0.5) is 35.9 Å². The van der Waals surface area contributed by atoms with E-state index in [0.29, 0.717) is 23.3 Å². The number of urea groups is 1. The molecule has 3 N–H and O–H groups in total. The summed E-state index contributed by atoms with van der Waals surface area (Å²) in [5.74, 6) is 0. The van der Waals surface area contributed by atoms with Gasteiger partial charge in [0, 0.05) is 0 Å². The van der Waals surface area contributed by atoms with Crippen LogP contribution in [-0.2, 0) is 34.0 Å². The smallest absolute Gasteiger partial charge is 0.416 e. The summed E-state index contributed by atoms with van der Waals surface area (Å²) in [7, 11) is 0. The summed E-state index contributed by atoms with van der Waals surface area (Å²) in [5.41, 5.74) is 0.0619. The molecule has 0 saturated carbocycles. The number of nitrogens with one attached hydrogen (secondary N) is 1. The maximum absolute atomic E-state index is 13.8. The number of piperidine rings is 1. The molecule has 3 aromatic rings. The summed E-state index contributed by atoms with van der Waals surface area (Å²) >= 11 is 0. The van der Waals surface area contributed by atoms with Crippen molar-refractivity contribution in [1.82, 2.24) is 10.2 Å². The van der Waals surface area contributed by atoms with E-state index < -0.39 is 66.1 Å². The van der Waals surface area contributed by atoms with Crippen molar-refractivity contribution in [2.24, 2.45) is 5.73 Å². The molecule has 0 aliphatic carbocycles. The van der Waals surface area contributed by atoms with Gasteiger partial charge in [0.1, 0.15) is 13.2 Å². The zero-order valence-corrected chi connectivity index (χ0v) is 24.5. The standard InChI is InChI=1S/C32H30F6N4O4/c1-21(23-15-25(31(33,34)35)17-26(16-23)32(36,37)38)46-20-29(24-11-7-4-8-12-24)13-14-30(40-2,41-27(39)43)19-42(29)28(44)45-18-22-9-5-3-6-10-22/h3-12,15-17,21H,13-14,18-20H2,1H3,(H3,39,41,43)/t21-,29-,30+/m1/s1. The summed E-state index contributed by atoms with van der Waals surface area (Å²) in [6, 6.07) is 17.3. The lowest BCUT2D eigenvalue weighted by Crippen LogP contribution is -2.66. The number of ether oxygens (including phenoxy) is 2. The molecule has 244 valence electrons. The molecule has 3 atom stereocenters. The van der Waals surface area contributed by atoms with E-state index in [1.807, 2.05) is 0 Å². The number of carbonyl (C=O) groups is 2. The number of hydrogen-bond donors (Lipinski definition) is 2. The number of alkyl halides is 6. The van der Waals surface area contributed by atoms with Crippen LogP contribution in [0.25, 0.3) is 4.85 Å². The average Bonchev–Trinajstić information content (AvgIpc) is 3.02. The Morgan fingerprint density at radius 3 is 2.04 bits per heavy atom. The first-order valence-corrected chi connectivity index (χ1v) is 14.0. The number of halogens is 6. The topological polar surface area (TPSA) is 98.2 Å². The minimum absolute atomic E-state index is 0.0246. The van der Waals surface area contributed by atoms with Crippen molar-refractivity contribution in [3.63, 3.8) is 0 Å². The number of primary amides is 1. The minimum Gasteiger partial charge on any atom is -0.445 e. The maximum Gasteiger partial charge on any atom is 0.416 e. The molecule has 8 nitrogen and oxygen atoms in total. The van der Waals surface area contributed by atoms with Crippen LogP contribution in [0.15, 0.2) is 78.9 Å². The van der Waals surface area contributed by atoms with Crippen LogP contribution in [0.5, 0.6) is 0 Å². The number of rotatable bonds is 8. The lowest BCUT2D eigenvalue weighted by Gasteiger charge is -2.49. The Morgan fingerprint density at radius 2 is 1.52 bits per heavy atom. The molecular formula is C32H30F6N4O4. The monoisotopic (exact) mass is 648 g/mol. The van der Waals surface area contributed by atoms with Gasteiger partial charge in [0.25, 0.3) is 0 Å². The van der Waals surface area contributed by atoms with E-state index in [1.54, 1.807) is 60.7 Å². The SMILES string of the molecule is [C-]#[N+][C@]1(NC(N)=O)CC[C@@](CO[C@H](C)c2cc(C(F)(F)F)cc(C(F)(F)F)c2)(c2ccccc2)N(C(=O)OCc2ccccc2)C1. The number of nitrogens with zero attached hydrogens (tertiary/aromatic N) is 2. The third-order valence-corrected chi connectivity index (χ3v) is 7.85. The third-order valence-electron chi connectivity index (χ3n) is 7.85. The number of benzene rings is 3. The molecule has 4 rings (SSSR count). The normalized spacial score (nSPS) is 20.8. The zero-order valence-electron chi connectivity index (χ0n) is 24.5. The predicted octanol–water partition coefficient (Wildman–Crippen LogP) is 7.41. The highest BCUT2D eigenvalue weighted by Crippen LogP contribution is 2.44. The highest BCUT2D eigenvalue weighted by atomic mass is 19.4. The van der Waals surface area contributed by atoms with Gasteiger partial charge >= 0.3 is 30.1 Å². The van der Waals surface area contributed by atoms with Crippen molar-refractivity contribution in [2.75, 3.05) is 13.2 Å². The summed E-state index contributed by atoms with van der Waals surface area (Å²) in [6.45, 7) is 8.14. The zero-order chi connectivity index (χ0) is 33.8. The minimum atomic E-state index is -5.06. The van der Waals surface area contributed by atoms with Crippen molar-refractivity contribution in [2.45, 2.75) is 56.0 Å². The van der Waals surface area contributed by atoms with Crippen LogP contribution < -0.4 is 11.1 Å². The first-order chi connectivity index (χ1) is 21.6. The average molecular weight is 649 g/mol. The van der Waals surface area contributed by atoms with Crippen molar-refractivity contribution < 1.29 is 45.4 Å². The van der Waals surface area contributed by atoms with Gasteiger partial charge in [0.05, 0.1) is 35.8 Å². The molecule has 1 aliphatic heterocycles. The molecule has 1 aliphatic rings. The Kier molecular flexibility index (Phi) is 9.86. The Morgan fingerprint density at radius 1 is 0.957 bits per heavy atom. The second-order valence-corrected chi connectivity index (χ2v) is 10.9. The van der Waals surface area contributed by atoms with Gasteiger partial charge in [-0.05, 0) is 48.2 Å². The van der Waals surface area contributed by atoms with Gasteiger partial charge in [-0.15, -0.1) is 0 Å². The van der Waals surface area contributed by atoms with E-state index in [9.17, 15) is 35.9 Å². The highest BCUT2D eigenvalue weighted by Gasteiger charge is 2.56. The molecule has 3 amide bonds. The largest absolute Gasteiger partial charge is 0.445 e.